The zero-order valence-corrected chi connectivity index (χ0v) is 12.4. The van der Waals surface area contributed by atoms with E-state index >= 15 is 0 Å². The zero-order chi connectivity index (χ0) is 15.6. The summed E-state index contributed by atoms with van der Waals surface area (Å²) in [6, 6.07) is 3.60. The minimum atomic E-state index is -0.768. The summed E-state index contributed by atoms with van der Waals surface area (Å²) in [7, 11) is 0. The first-order valence-corrected chi connectivity index (χ1v) is 7.75. The Bertz CT molecular complexity index is 508. The number of pyridine rings is 1. The number of carbonyl (C=O) groups excluding carboxylic acids is 1. The maximum Gasteiger partial charge on any atom is 0.223 e. The lowest BCUT2D eigenvalue weighted by atomic mass is 9.86. The van der Waals surface area contributed by atoms with Gasteiger partial charge in [0.15, 0.2) is 0 Å². The SMILES string of the molecule is O=C(NCC1(COc2cccnc2)C[C@@H](O)[C@@H](O)C1)C1CC1. The maximum atomic E-state index is 11.9. The number of ether oxygens (including phenoxy) is 1. The number of amides is 1. The van der Waals surface area contributed by atoms with Crippen molar-refractivity contribution in [3.05, 3.63) is 24.5 Å². The van der Waals surface area contributed by atoms with Crippen LogP contribution in [-0.4, -0.2) is 46.5 Å². The molecule has 2 aliphatic carbocycles. The number of carbonyl (C=O) groups is 1. The van der Waals surface area contributed by atoms with E-state index in [2.05, 4.69) is 10.3 Å². The molecule has 3 atom stereocenters. The Kier molecular flexibility index (Phi) is 4.31. The molecule has 0 radical (unpaired) electrons. The first-order chi connectivity index (χ1) is 10.6. The Labute approximate surface area is 129 Å². The monoisotopic (exact) mass is 306 g/mol. The van der Waals surface area contributed by atoms with Crippen LogP contribution in [0.1, 0.15) is 25.7 Å². The lowest BCUT2D eigenvalue weighted by molar-refractivity contribution is -0.123. The van der Waals surface area contributed by atoms with Crippen molar-refractivity contribution < 1.29 is 19.7 Å². The molecular weight excluding hydrogens is 284 g/mol. The summed E-state index contributed by atoms with van der Waals surface area (Å²) < 4.78 is 5.76. The number of aliphatic hydroxyl groups excluding tert-OH is 2. The summed E-state index contributed by atoms with van der Waals surface area (Å²) >= 11 is 0. The number of aromatic nitrogens is 1. The first-order valence-electron chi connectivity index (χ1n) is 7.75. The molecule has 1 heterocycles. The summed E-state index contributed by atoms with van der Waals surface area (Å²) in [5.74, 6) is 0.857. The summed E-state index contributed by atoms with van der Waals surface area (Å²) in [5, 5.41) is 22.7. The van der Waals surface area contributed by atoms with E-state index in [1.54, 1.807) is 18.5 Å². The predicted molar refractivity (Wildman–Crippen MR) is 79.1 cm³/mol. The maximum absolute atomic E-state index is 11.9. The van der Waals surface area contributed by atoms with E-state index in [1.807, 2.05) is 6.07 Å². The van der Waals surface area contributed by atoms with Gasteiger partial charge in [-0.3, -0.25) is 9.78 Å². The molecule has 120 valence electrons. The van der Waals surface area contributed by atoms with E-state index in [0.717, 1.165) is 12.8 Å². The normalized spacial score (nSPS) is 31.0. The lowest BCUT2D eigenvalue weighted by Gasteiger charge is -2.29. The number of nitrogens with zero attached hydrogens (tertiary/aromatic N) is 1. The van der Waals surface area contributed by atoms with Crippen molar-refractivity contribution in [2.24, 2.45) is 11.3 Å². The van der Waals surface area contributed by atoms with Gasteiger partial charge >= 0.3 is 0 Å². The highest BCUT2D eigenvalue weighted by Crippen LogP contribution is 2.39. The van der Waals surface area contributed by atoms with Gasteiger partial charge in [-0.05, 0) is 37.8 Å². The van der Waals surface area contributed by atoms with Crippen LogP contribution in [0.2, 0.25) is 0 Å². The Morgan fingerprint density at radius 1 is 1.36 bits per heavy atom. The molecule has 0 spiro atoms. The van der Waals surface area contributed by atoms with Gasteiger partial charge < -0.3 is 20.3 Å². The van der Waals surface area contributed by atoms with Gasteiger partial charge in [0.05, 0.1) is 25.0 Å². The summed E-state index contributed by atoms with van der Waals surface area (Å²) in [6.45, 7) is 0.745. The zero-order valence-electron chi connectivity index (χ0n) is 12.4. The van der Waals surface area contributed by atoms with Crippen molar-refractivity contribution in [1.82, 2.24) is 10.3 Å². The smallest absolute Gasteiger partial charge is 0.223 e. The van der Waals surface area contributed by atoms with Crippen molar-refractivity contribution in [1.29, 1.82) is 0 Å². The minimum Gasteiger partial charge on any atom is -0.491 e. The standard InChI is InChI=1S/C16H22N2O4/c19-13-6-16(7-14(13)20,9-18-15(21)11-3-4-11)10-22-12-2-1-5-17-8-12/h1-2,5,8,11,13-14,19-20H,3-4,6-7,9-10H2,(H,18,21)/t13-,14+,16?. The van der Waals surface area contributed by atoms with E-state index in [0.29, 0.717) is 31.7 Å². The second kappa shape index (κ2) is 6.22. The third kappa shape index (κ3) is 3.56. The van der Waals surface area contributed by atoms with Crippen LogP contribution >= 0.6 is 0 Å². The number of aliphatic hydroxyl groups is 2. The molecule has 3 rings (SSSR count). The molecule has 0 aliphatic heterocycles. The van der Waals surface area contributed by atoms with Gasteiger partial charge in [0.25, 0.3) is 0 Å². The first kappa shape index (κ1) is 15.2. The fourth-order valence-electron chi connectivity index (χ4n) is 2.99. The highest BCUT2D eigenvalue weighted by atomic mass is 16.5. The molecule has 6 nitrogen and oxygen atoms in total. The van der Waals surface area contributed by atoms with Crippen molar-refractivity contribution >= 4 is 5.91 Å². The van der Waals surface area contributed by atoms with Crippen molar-refractivity contribution in [2.45, 2.75) is 37.9 Å². The Hall–Kier alpha value is -1.66. The molecule has 0 bridgehead atoms. The van der Waals surface area contributed by atoms with Crippen molar-refractivity contribution in [3.8, 4) is 5.75 Å². The second-order valence-corrected chi connectivity index (χ2v) is 6.51. The van der Waals surface area contributed by atoms with Crippen LogP contribution in [0.4, 0.5) is 0 Å². The van der Waals surface area contributed by atoms with Crippen molar-refractivity contribution in [2.75, 3.05) is 13.2 Å². The Balaban J connectivity index is 1.62. The van der Waals surface area contributed by atoms with E-state index in [4.69, 9.17) is 4.74 Å². The average molecular weight is 306 g/mol. The van der Waals surface area contributed by atoms with Gasteiger partial charge in [-0.2, -0.15) is 0 Å². The van der Waals surface area contributed by atoms with Gasteiger partial charge in [0.2, 0.25) is 5.91 Å². The minimum absolute atomic E-state index is 0.0663. The number of rotatable bonds is 6. The van der Waals surface area contributed by atoms with E-state index in [9.17, 15) is 15.0 Å². The van der Waals surface area contributed by atoms with Crippen LogP contribution in [0, 0.1) is 11.3 Å². The molecule has 2 fully saturated rings. The molecule has 0 aromatic carbocycles. The van der Waals surface area contributed by atoms with Crippen LogP contribution in [0.3, 0.4) is 0 Å². The predicted octanol–water partition coefficient (Wildman–Crippen LogP) is 0.489. The summed E-state index contributed by atoms with van der Waals surface area (Å²) in [6.07, 6.45) is 4.50. The Morgan fingerprint density at radius 3 is 2.68 bits per heavy atom. The van der Waals surface area contributed by atoms with Gasteiger partial charge in [-0.25, -0.2) is 0 Å². The molecule has 1 amide bonds. The van der Waals surface area contributed by atoms with Crippen LogP contribution in [0.25, 0.3) is 0 Å². The van der Waals surface area contributed by atoms with Gasteiger partial charge in [0.1, 0.15) is 5.75 Å². The van der Waals surface area contributed by atoms with Gasteiger partial charge in [-0.15, -0.1) is 0 Å². The van der Waals surface area contributed by atoms with E-state index < -0.39 is 17.6 Å². The highest BCUT2D eigenvalue weighted by Gasteiger charge is 2.45. The van der Waals surface area contributed by atoms with Gasteiger partial charge in [0, 0.05) is 24.1 Å². The highest BCUT2D eigenvalue weighted by molar-refractivity contribution is 5.80. The molecule has 3 N–H and O–H groups in total. The van der Waals surface area contributed by atoms with Crippen LogP contribution in [0.15, 0.2) is 24.5 Å². The largest absolute Gasteiger partial charge is 0.491 e. The second-order valence-electron chi connectivity index (χ2n) is 6.51. The summed E-state index contributed by atoms with van der Waals surface area (Å²) in [4.78, 5) is 15.8. The lowest BCUT2D eigenvalue weighted by Crippen LogP contribution is -2.41. The van der Waals surface area contributed by atoms with Gasteiger partial charge in [-0.1, -0.05) is 0 Å². The average Bonchev–Trinajstić information content (AvgIpc) is 3.32. The molecule has 1 aromatic rings. The molecule has 1 aromatic heterocycles. The van der Waals surface area contributed by atoms with Crippen molar-refractivity contribution in [3.63, 3.8) is 0 Å². The summed E-state index contributed by atoms with van der Waals surface area (Å²) in [5.41, 5.74) is -0.445. The fraction of sp³-hybridized carbons (Fsp3) is 0.625. The molecule has 1 unspecified atom stereocenters. The number of hydrogen-bond acceptors (Lipinski definition) is 5. The number of hydrogen-bond donors (Lipinski definition) is 3. The van der Waals surface area contributed by atoms with Crippen LogP contribution in [-0.2, 0) is 4.79 Å². The van der Waals surface area contributed by atoms with E-state index in [-0.39, 0.29) is 11.8 Å². The number of nitrogens with one attached hydrogen (secondary N) is 1. The van der Waals surface area contributed by atoms with Crippen LogP contribution < -0.4 is 10.1 Å². The molecule has 2 saturated carbocycles. The Morgan fingerprint density at radius 2 is 2.09 bits per heavy atom. The molecule has 6 heteroatoms. The molecule has 0 saturated heterocycles. The molecule has 22 heavy (non-hydrogen) atoms. The fourth-order valence-corrected chi connectivity index (χ4v) is 2.99. The van der Waals surface area contributed by atoms with Crippen LogP contribution in [0.5, 0.6) is 5.75 Å². The third-order valence-corrected chi connectivity index (χ3v) is 4.49. The quantitative estimate of drug-likeness (QED) is 0.711. The topological polar surface area (TPSA) is 91.7 Å². The van der Waals surface area contributed by atoms with E-state index in [1.165, 1.54) is 0 Å². The molecule has 2 aliphatic rings. The molecular formula is C16H22N2O4. The third-order valence-electron chi connectivity index (χ3n) is 4.49.